The molecule has 3 nitrogen and oxygen atoms in total. The summed E-state index contributed by atoms with van der Waals surface area (Å²) in [5, 5.41) is 0. The predicted molar refractivity (Wildman–Crippen MR) is 113 cm³/mol. The van der Waals surface area contributed by atoms with E-state index in [4.69, 9.17) is 14.0 Å². The van der Waals surface area contributed by atoms with Crippen molar-refractivity contribution in [2.75, 3.05) is 0 Å². The van der Waals surface area contributed by atoms with Crippen molar-refractivity contribution < 1.29 is 14.0 Å². The lowest BCUT2D eigenvalue weighted by molar-refractivity contribution is 0.00578. The van der Waals surface area contributed by atoms with Crippen molar-refractivity contribution in [1.29, 1.82) is 0 Å². The van der Waals surface area contributed by atoms with Crippen LogP contribution in [0.5, 0.6) is 11.5 Å². The number of hydrogen-bond donors (Lipinski definition) is 0. The van der Waals surface area contributed by atoms with Crippen LogP contribution in [0.3, 0.4) is 0 Å². The molecule has 28 heavy (non-hydrogen) atoms. The van der Waals surface area contributed by atoms with E-state index in [2.05, 4.69) is 58.0 Å². The number of benzene rings is 3. The molecule has 3 aromatic carbocycles. The fraction of sp³-hybridized carbons (Fsp3) is 0.250. The first-order valence-corrected chi connectivity index (χ1v) is 9.72. The van der Waals surface area contributed by atoms with Gasteiger partial charge >= 0.3 is 7.12 Å². The fourth-order valence-corrected chi connectivity index (χ4v) is 3.82. The highest BCUT2D eigenvalue weighted by molar-refractivity contribution is 6.62. The molecule has 2 heterocycles. The number of hydrogen-bond acceptors (Lipinski definition) is 3. The van der Waals surface area contributed by atoms with Crippen molar-refractivity contribution in [3.63, 3.8) is 0 Å². The molecular weight excluding hydrogens is 347 g/mol. The summed E-state index contributed by atoms with van der Waals surface area (Å²) in [6, 6.07) is 22.8. The summed E-state index contributed by atoms with van der Waals surface area (Å²) < 4.78 is 18.8. The molecule has 0 radical (unpaired) electrons. The molecule has 0 aromatic heterocycles. The van der Waals surface area contributed by atoms with Gasteiger partial charge in [-0.15, -0.1) is 0 Å². The lowest BCUT2D eigenvalue weighted by Crippen LogP contribution is -2.41. The third-order valence-electron chi connectivity index (χ3n) is 6.14. The second kappa shape index (κ2) is 5.97. The highest BCUT2D eigenvalue weighted by Crippen LogP contribution is 2.46. The summed E-state index contributed by atoms with van der Waals surface area (Å²) in [5.74, 6) is 1.73. The largest absolute Gasteiger partial charge is 0.494 e. The van der Waals surface area contributed by atoms with Crippen molar-refractivity contribution >= 4 is 12.6 Å². The van der Waals surface area contributed by atoms with E-state index in [9.17, 15) is 0 Å². The van der Waals surface area contributed by atoms with E-state index < -0.39 is 0 Å². The molecule has 0 aliphatic carbocycles. The van der Waals surface area contributed by atoms with E-state index in [-0.39, 0.29) is 18.3 Å². The van der Waals surface area contributed by atoms with Crippen LogP contribution in [0.1, 0.15) is 27.7 Å². The van der Waals surface area contributed by atoms with E-state index in [1.807, 2.05) is 36.4 Å². The Hall–Kier alpha value is -2.56. The van der Waals surface area contributed by atoms with Gasteiger partial charge in [-0.25, -0.2) is 0 Å². The standard InChI is InChI=1S/C24H23BO3/c1-23(2)24(3,4)28-25(27-23)16-13-14-17-18-9-5-7-11-21(18)26-22-12-8-6-10-19(22)20(17)15-16/h5-15H,1-4H3. The smallest absolute Gasteiger partial charge is 0.456 e. The fourth-order valence-electron chi connectivity index (χ4n) is 3.82. The monoisotopic (exact) mass is 370 g/mol. The van der Waals surface area contributed by atoms with Gasteiger partial charge in [0.25, 0.3) is 0 Å². The van der Waals surface area contributed by atoms with Gasteiger partial charge in [0.2, 0.25) is 0 Å². The molecule has 0 amide bonds. The average Bonchev–Trinajstić information content (AvgIpc) is 2.82. The van der Waals surface area contributed by atoms with Gasteiger partial charge in [0.15, 0.2) is 0 Å². The van der Waals surface area contributed by atoms with Crippen LogP contribution in [0.2, 0.25) is 0 Å². The van der Waals surface area contributed by atoms with Crippen LogP contribution >= 0.6 is 0 Å². The van der Waals surface area contributed by atoms with E-state index in [0.29, 0.717) is 0 Å². The van der Waals surface area contributed by atoms with Gasteiger partial charge in [0.1, 0.15) is 11.5 Å². The average molecular weight is 370 g/mol. The topological polar surface area (TPSA) is 27.7 Å². The highest BCUT2D eigenvalue weighted by atomic mass is 16.7. The van der Waals surface area contributed by atoms with E-state index in [1.54, 1.807) is 0 Å². The van der Waals surface area contributed by atoms with Gasteiger partial charge in [0.05, 0.1) is 11.2 Å². The molecule has 0 N–H and O–H groups in total. The van der Waals surface area contributed by atoms with Crippen LogP contribution < -0.4 is 10.2 Å². The minimum Gasteiger partial charge on any atom is -0.456 e. The third-order valence-corrected chi connectivity index (χ3v) is 6.14. The van der Waals surface area contributed by atoms with Crippen LogP contribution in [-0.2, 0) is 9.31 Å². The first kappa shape index (κ1) is 17.5. The Kier molecular flexibility index (Phi) is 3.74. The number of fused-ring (bicyclic) bond motifs is 5. The maximum atomic E-state index is 6.28. The molecule has 0 saturated carbocycles. The van der Waals surface area contributed by atoms with Crippen LogP contribution in [0, 0.1) is 0 Å². The molecule has 1 fully saturated rings. The van der Waals surface area contributed by atoms with Gasteiger partial charge in [-0.2, -0.15) is 0 Å². The molecule has 2 aliphatic heterocycles. The molecule has 5 rings (SSSR count). The highest BCUT2D eigenvalue weighted by Gasteiger charge is 2.51. The number of rotatable bonds is 1. The molecule has 1 saturated heterocycles. The predicted octanol–water partition coefficient (Wildman–Crippen LogP) is 5.43. The Balaban J connectivity index is 1.68. The van der Waals surface area contributed by atoms with Gasteiger partial charge in [-0.05, 0) is 56.4 Å². The van der Waals surface area contributed by atoms with Crippen LogP contribution in [-0.4, -0.2) is 18.3 Å². The Labute approximate surface area is 166 Å². The Morgan fingerprint density at radius 1 is 0.607 bits per heavy atom. The van der Waals surface area contributed by atoms with Gasteiger partial charge in [-0.3, -0.25) is 0 Å². The van der Waals surface area contributed by atoms with Crippen LogP contribution in [0.25, 0.3) is 22.3 Å². The molecule has 140 valence electrons. The summed E-state index contributed by atoms with van der Waals surface area (Å²) in [7, 11) is -0.387. The number of para-hydroxylation sites is 2. The second-order valence-corrected chi connectivity index (χ2v) is 8.49. The van der Waals surface area contributed by atoms with Crippen molar-refractivity contribution in [1.82, 2.24) is 0 Å². The van der Waals surface area contributed by atoms with Crippen molar-refractivity contribution in [3.05, 3.63) is 66.7 Å². The first-order chi connectivity index (χ1) is 13.4. The minimum absolute atomic E-state index is 0.363. The third kappa shape index (κ3) is 2.60. The normalized spacial score (nSPS) is 18.5. The minimum atomic E-state index is -0.387. The van der Waals surface area contributed by atoms with Gasteiger partial charge in [-0.1, -0.05) is 54.6 Å². The summed E-state index contributed by atoms with van der Waals surface area (Å²) >= 11 is 0. The lowest BCUT2D eigenvalue weighted by Gasteiger charge is -2.32. The van der Waals surface area contributed by atoms with Crippen molar-refractivity contribution in [3.8, 4) is 33.8 Å². The summed E-state index contributed by atoms with van der Waals surface area (Å²) in [6.07, 6.45) is 0. The first-order valence-electron chi connectivity index (χ1n) is 9.72. The molecule has 0 spiro atoms. The summed E-state index contributed by atoms with van der Waals surface area (Å²) in [6.45, 7) is 8.32. The van der Waals surface area contributed by atoms with Crippen LogP contribution in [0.4, 0.5) is 0 Å². The molecule has 0 bridgehead atoms. The van der Waals surface area contributed by atoms with E-state index in [1.165, 1.54) is 0 Å². The van der Waals surface area contributed by atoms with Crippen LogP contribution in [0.15, 0.2) is 66.7 Å². The van der Waals surface area contributed by atoms with Crippen molar-refractivity contribution in [2.24, 2.45) is 0 Å². The number of ether oxygens (including phenoxy) is 1. The SMILES string of the molecule is CC1(C)OB(c2ccc3c(c2)-c2ccccc2Oc2ccccc2-3)OC1(C)C. The Bertz CT molecular complexity index is 1050. The zero-order chi connectivity index (χ0) is 19.5. The maximum Gasteiger partial charge on any atom is 0.494 e. The maximum absolute atomic E-state index is 6.28. The van der Waals surface area contributed by atoms with Crippen molar-refractivity contribution in [2.45, 2.75) is 38.9 Å². The molecule has 0 unspecified atom stereocenters. The Morgan fingerprint density at radius 2 is 1.14 bits per heavy atom. The Morgan fingerprint density at radius 3 is 1.75 bits per heavy atom. The molecule has 3 aromatic rings. The molecule has 0 atom stereocenters. The summed E-state index contributed by atoms with van der Waals surface area (Å²) in [4.78, 5) is 0. The quantitative estimate of drug-likeness (QED) is 0.419. The molecule has 2 aliphatic rings. The molecule has 4 heteroatoms. The zero-order valence-corrected chi connectivity index (χ0v) is 16.7. The van der Waals surface area contributed by atoms with E-state index in [0.717, 1.165) is 39.2 Å². The van der Waals surface area contributed by atoms with Gasteiger partial charge in [0, 0.05) is 11.1 Å². The second-order valence-electron chi connectivity index (χ2n) is 8.49. The summed E-state index contributed by atoms with van der Waals surface area (Å²) in [5.41, 5.74) is 4.75. The van der Waals surface area contributed by atoms with E-state index >= 15 is 0 Å². The zero-order valence-electron chi connectivity index (χ0n) is 16.7. The lowest BCUT2D eigenvalue weighted by atomic mass is 9.76. The van der Waals surface area contributed by atoms with Gasteiger partial charge < -0.3 is 14.0 Å². The molecular formula is C24H23BO3.